The number of benzene rings is 1. The van der Waals surface area contributed by atoms with Crippen LogP contribution < -0.4 is 0 Å². The van der Waals surface area contributed by atoms with Crippen LogP contribution in [-0.4, -0.2) is 20.3 Å². The second-order valence-electron chi connectivity index (χ2n) is 5.43. The van der Waals surface area contributed by atoms with Gasteiger partial charge in [-0.3, -0.25) is 0 Å². The lowest BCUT2D eigenvalue weighted by Gasteiger charge is -1.94. The predicted octanol–water partition coefficient (Wildman–Crippen LogP) is 4.29. The Balaban J connectivity index is 1.43. The van der Waals surface area contributed by atoms with E-state index in [1.807, 2.05) is 38.1 Å². The van der Waals surface area contributed by atoms with E-state index in [1.54, 1.807) is 12.3 Å². The van der Waals surface area contributed by atoms with E-state index in [-0.39, 0.29) is 0 Å². The molecule has 0 fully saturated rings. The van der Waals surface area contributed by atoms with Crippen molar-refractivity contribution in [2.75, 3.05) is 0 Å². The largest absolute Gasteiger partial charge is 0.469 e. The molecule has 4 aromatic rings. The highest BCUT2D eigenvalue weighted by Crippen LogP contribution is 2.28. The Labute approximate surface area is 147 Å². The normalized spacial score (nSPS) is 11.1. The fourth-order valence-electron chi connectivity index (χ4n) is 2.24. The van der Waals surface area contributed by atoms with Gasteiger partial charge in [-0.25, -0.2) is 0 Å². The summed E-state index contributed by atoms with van der Waals surface area (Å²) in [7, 11) is 0. The highest BCUT2D eigenvalue weighted by atomic mass is 32.2. The molecule has 0 aliphatic carbocycles. The standard InChI is InChI=1S/C17H14N4O3S/c1-10-3-5-12(6-4-10)15-18-14(24-21-15)9-25-17-20-19-16(23-17)13-7-8-22-11(13)2/h3-8H,9H2,1-2H3. The van der Waals surface area contributed by atoms with Crippen LogP contribution in [0.15, 0.2) is 55.2 Å². The number of furan rings is 1. The van der Waals surface area contributed by atoms with Crippen LogP contribution in [0.25, 0.3) is 22.8 Å². The lowest BCUT2D eigenvalue weighted by atomic mass is 10.1. The van der Waals surface area contributed by atoms with Gasteiger partial charge in [-0.1, -0.05) is 46.7 Å². The summed E-state index contributed by atoms with van der Waals surface area (Å²) in [5.41, 5.74) is 2.89. The fourth-order valence-corrected chi connectivity index (χ4v) is 2.84. The first-order chi connectivity index (χ1) is 12.2. The van der Waals surface area contributed by atoms with E-state index in [0.717, 1.165) is 16.9 Å². The van der Waals surface area contributed by atoms with Crippen molar-refractivity contribution in [1.82, 2.24) is 20.3 Å². The molecule has 1 aromatic carbocycles. The van der Waals surface area contributed by atoms with Gasteiger partial charge in [-0.15, -0.1) is 10.2 Å². The Morgan fingerprint density at radius 1 is 1.04 bits per heavy atom. The van der Waals surface area contributed by atoms with E-state index in [4.69, 9.17) is 13.4 Å². The minimum Gasteiger partial charge on any atom is -0.469 e. The Hall–Kier alpha value is -2.87. The molecule has 0 radical (unpaired) electrons. The van der Waals surface area contributed by atoms with Crippen molar-refractivity contribution in [3.8, 4) is 22.8 Å². The van der Waals surface area contributed by atoms with Crippen molar-refractivity contribution in [2.45, 2.75) is 24.8 Å². The van der Waals surface area contributed by atoms with Gasteiger partial charge in [0.05, 0.1) is 17.6 Å². The Morgan fingerprint density at radius 3 is 2.64 bits per heavy atom. The minimum absolute atomic E-state index is 0.430. The number of rotatable bonds is 5. The molecule has 126 valence electrons. The highest BCUT2D eigenvalue weighted by Gasteiger charge is 2.15. The highest BCUT2D eigenvalue weighted by molar-refractivity contribution is 7.98. The zero-order chi connectivity index (χ0) is 17.2. The third-order valence-corrected chi connectivity index (χ3v) is 4.40. The molecule has 7 nitrogen and oxygen atoms in total. The van der Waals surface area contributed by atoms with Crippen molar-refractivity contribution in [2.24, 2.45) is 0 Å². The van der Waals surface area contributed by atoms with Gasteiger partial charge in [0.15, 0.2) is 0 Å². The Morgan fingerprint density at radius 2 is 1.88 bits per heavy atom. The van der Waals surface area contributed by atoms with Crippen LogP contribution in [0.3, 0.4) is 0 Å². The van der Waals surface area contributed by atoms with Crippen LogP contribution in [-0.2, 0) is 5.75 Å². The summed E-state index contributed by atoms with van der Waals surface area (Å²) in [6.45, 7) is 3.88. The van der Waals surface area contributed by atoms with Gasteiger partial charge >= 0.3 is 0 Å². The lowest BCUT2D eigenvalue weighted by Crippen LogP contribution is -1.83. The van der Waals surface area contributed by atoms with E-state index >= 15 is 0 Å². The van der Waals surface area contributed by atoms with E-state index in [0.29, 0.717) is 28.6 Å². The molecule has 0 bridgehead atoms. The second-order valence-corrected chi connectivity index (χ2v) is 6.36. The van der Waals surface area contributed by atoms with E-state index < -0.39 is 0 Å². The van der Waals surface area contributed by atoms with Crippen LogP contribution >= 0.6 is 11.8 Å². The predicted molar refractivity (Wildman–Crippen MR) is 90.8 cm³/mol. The van der Waals surface area contributed by atoms with Gasteiger partial charge in [0.25, 0.3) is 11.1 Å². The minimum atomic E-state index is 0.430. The van der Waals surface area contributed by atoms with E-state index in [1.165, 1.54) is 17.3 Å². The molecule has 0 N–H and O–H groups in total. The summed E-state index contributed by atoms with van der Waals surface area (Å²) in [4.78, 5) is 4.39. The maximum Gasteiger partial charge on any atom is 0.277 e. The molecule has 0 atom stereocenters. The molecule has 0 amide bonds. The molecular formula is C17H14N4O3S. The van der Waals surface area contributed by atoms with E-state index in [2.05, 4.69) is 20.3 Å². The van der Waals surface area contributed by atoms with Gasteiger partial charge < -0.3 is 13.4 Å². The summed E-state index contributed by atoms with van der Waals surface area (Å²) in [6, 6.07) is 9.75. The summed E-state index contributed by atoms with van der Waals surface area (Å²) in [6.07, 6.45) is 1.59. The molecule has 0 aliphatic heterocycles. The number of hydrogen-bond donors (Lipinski definition) is 0. The van der Waals surface area contributed by atoms with Gasteiger partial charge in [0, 0.05) is 5.56 Å². The number of aryl methyl sites for hydroxylation is 2. The first-order valence-corrected chi connectivity index (χ1v) is 8.58. The molecule has 0 unspecified atom stereocenters. The van der Waals surface area contributed by atoms with Crippen molar-refractivity contribution in [3.63, 3.8) is 0 Å². The average molecular weight is 354 g/mol. The average Bonchev–Trinajstić information content (AvgIpc) is 3.33. The smallest absolute Gasteiger partial charge is 0.277 e. The number of hydrogen-bond acceptors (Lipinski definition) is 8. The molecule has 3 aromatic heterocycles. The Kier molecular flexibility index (Phi) is 4.10. The van der Waals surface area contributed by atoms with Crippen LogP contribution in [0, 0.1) is 13.8 Å². The van der Waals surface area contributed by atoms with Gasteiger partial charge in [0.2, 0.25) is 11.7 Å². The van der Waals surface area contributed by atoms with Crippen molar-refractivity contribution >= 4 is 11.8 Å². The first kappa shape index (κ1) is 15.6. The lowest BCUT2D eigenvalue weighted by molar-refractivity contribution is 0.391. The van der Waals surface area contributed by atoms with Gasteiger partial charge in [-0.05, 0) is 19.9 Å². The topological polar surface area (TPSA) is 91.0 Å². The second kappa shape index (κ2) is 6.56. The summed E-state index contributed by atoms with van der Waals surface area (Å²) in [5.74, 6) is 2.68. The Bertz CT molecular complexity index is 987. The SMILES string of the molecule is Cc1ccc(-c2noc(CSc3nnc(-c4ccoc4C)o3)n2)cc1. The van der Waals surface area contributed by atoms with Gasteiger partial charge in [0.1, 0.15) is 5.76 Å². The number of nitrogens with zero attached hydrogens (tertiary/aromatic N) is 4. The molecule has 0 saturated heterocycles. The monoisotopic (exact) mass is 354 g/mol. The zero-order valence-electron chi connectivity index (χ0n) is 13.6. The maximum atomic E-state index is 5.63. The van der Waals surface area contributed by atoms with Crippen molar-refractivity contribution < 1.29 is 13.4 Å². The molecule has 25 heavy (non-hydrogen) atoms. The quantitative estimate of drug-likeness (QED) is 0.490. The molecule has 0 aliphatic rings. The van der Waals surface area contributed by atoms with Crippen LogP contribution in [0.4, 0.5) is 0 Å². The van der Waals surface area contributed by atoms with E-state index in [9.17, 15) is 0 Å². The van der Waals surface area contributed by atoms with Crippen LogP contribution in [0.2, 0.25) is 0 Å². The molecule has 8 heteroatoms. The van der Waals surface area contributed by atoms with Gasteiger partial charge in [-0.2, -0.15) is 4.98 Å². The molecule has 4 rings (SSSR count). The van der Waals surface area contributed by atoms with Crippen molar-refractivity contribution in [3.05, 3.63) is 53.8 Å². The number of aromatic nitrogens is 4. The zero-order valence-corrected chi connectivity index (χ0v) is 14.4. The first-order valence-electron chi connectivity index (χ1n) is 7.59. The fraction of sp³-hybridized carbons (Fsp3) is 0.176. The van der Waals surface area contributed by atoms with Crippen LogP contribution in [0.5, 0.6) is 0 Å². The summed E-state index contributed by atoms with van der Waals surface area (Å²) >= 11 is 1.34. The maximum absolute atomic E-state index is 5.63. The third kappa shape index (κ3) is 3.34. The number of thioether (sulfide) groups is 1. The molecular weight excluding hydrogens is 340 g/mol. The summed E-state index contributed by atoms with van der Waals surface area (Å²) < 4.78 is 16.2. The molecule has 0 spiro atoms. The molecule has 0 saturated carbocycles. The third-order valence-electron chi connectivity index (χ3n) is 3.59. The van der Waals surface area contributed by atoms with Crippen LogP contribution in [0.1, 0.15) is 17.2 Å². The summed E-state index contributed by atoms with van der Waals surface area (Å²) in [5, 5.41) is 12.5. The van der Waals surface area contributed by atoms with Crippen molar-refractivity contribution in [1.29, 1.82) is 0 Å². The molecule has 3 heterocycles.